The van der Waals surface area contributed by atoms with E-state index in [2.05, 4.69) is 5.32 Å². The topological polar surface area (TPSA) is 90.3 Å². The van der Waals surface area contributed by atoms with Crippen molar-refractivity contribution in [2.75, 3.05) is 22.4 Å². The third kappa shape index (κ3) is 4.51. The Balaban J connectivity index is 2.26. The molecule has 9 heteroatoms. The molecule has 0 spiro atoms. The van der Waals surface area contributed by atoms with Crippen LogP contribution < -0.4 is 9.62 Å². The molecule has 2 rings (SSSR count). The molecule has 0 fully saturated rings. The number of hydrogen-bond acceptors (Lipinski definition) is 4. The Morgan fingerprint density at radius 2 is 1.72 bits per heavy atom. The van der Waals surface area contributed by atoms with E-state index in [0.29, 0.717) is 15.6 Å². The number of rotatable bonds is 5. The molecule has 0 aromatic heterocycles. The molecule has 0 aliphatic heterocycles. The number of nitrogens with zero attached hydrogens (tertiary/aromatic N) is 2. The van der Waals surface area contributed by atoms with Gasteiger partial charge in [0.05, 0.1) is 17.9 Å². The van der Waals surface area contributed by atoms with E-state index in [1.165, 1.54) is 24.3 Å². The van der Waals surface area contributed by atoms with Gasteiger partial charge in [0, 0.05) is 5.69 Å². The molecule has 0 bridgehead atoms. The Hall–Kier alpha value is -2.99. The van der Waals surface area contributed by atoms with Gasteiger partial charge >= 0.3 is 0 Å². The van der Waals surface area contributed by atoms with Crippen molar-refractivity contribution < 1.29 is 22.0 Å². The molecule has 0 saturated heterocycles. The molecule has 2 aromatic rings. The molecule has 0 aliphatic carbocycles. The number of halogens is 2. The number of anilines is 2. The minimum Gasteiger partial charge on any atom is -0.325 e. The molecule has 2 aromatic carbocycles. The highest BCUT2D eigenvalue weighted by Crippen LogP contribution is 2.25. The van der Waals surface area contributed by atoms with Crippen molar-refractivity contribution in [3.63, 3.8) is 0 Å². The van der Waals surface area contributed by atoms with E-state index in [1.807, 2.05) is 6.07 Å². The Labute approximate surface area is 143 Å². The first-order valence-electron chi connectivity index (χ1n) is 6.94. The van der Waals surface area contributed by atoms with E-state index in [-0.39, 0.29) is 0 Å². The molecule has 25 heavy (non-hydrogen) atoms. The molecule has 0 unspecified atom stereocenters. The van der Waals surface area contributed by atoms with Gasteiger partial charge in [0.25, 0.3) is 0 Å². The zero-order valence-electron chi connectivity index (χ0n) is 13.0. The quantitative estimate of drug-likeness (QED) is 0.880. The summed E-state index contributed by atoms with van der Waals surface area (Å²) >= 11 is 0. The van der Waals surface area contributed by atoms with Crippen LogP contribution >= 0.6 is 0 Å². The van der Waals surface area contributed by atoms with E-state index in [4.69, 9.17) is 5.26 Å². The van der Waals surface area contributed by atoms with Crippen LogP contribution in [0.15, 0.2) is 42.5 Å². The summed E-state index contributed by atoms with van der Waals surface area (Å²) in [5, 5.41) is 11.1. The van der Waals surface area contributed by atoms with E-state index in [0.717, 1.165) is 24.5 Å². The number of nitriles is 1. The van der Waals surface area contributed by atoms with Gasteiger partial charge in [-0.1, -0.05) is 6.07 Å². The maximum atomic E-state index is 13.9. The van der Waals surface area contributed by atoms with Crippen molar-refractivity contribution in [2.45, 2.75) is 0 Å². The Bertz CT molecular complexity index is 918. The average molecular weight is 365 g/mol. The number of nitrogens with one attached hydrogen (secondary N) is 1. The molecule has 1 amide bonds. The molecule has 6 nitrogen and oxygen atoms in total. The first-order valence-corrected chi connectivity index (χ1v) is 8.79. The summed E-state index contributed by atoms with van der Waals surface area (Å²) in [6.07, 6.45) is 0.744. The van der Waals surface area contributed by atoms with Gasteiger partial charge in [-0.3, -0.25) is 9.10 Å². The van der Waals surface area contributed by atoms with E-state index >= 15 is 0 Å². The SMILES string of the molecule is CS(=O)(=O)N(CC(=O)Nc1ccc(C#N)cc1)c1c(F)cccc1F. The van der Waals surface area contributed by atoms with E-state index in [9.17, 15) is 22.0 Å². The van der Waals surface area contributed by atoms with Crippen molar-refractivity contribution in [2.24, 2.45) is 0 Å². The van der Waals surface area contributed by atoms with Gasteiger partial charge in [-0.05, 0) is 36.4 Å². The monoisotopic (exact) mass is 365 g/mol. The van der Waals surface area contributed by atoms with E-state index < -0.39 is 39.8 Å². The van der Waals surface area contributed by atoms with Crippen LogP contribution in [0.2, 0.25) is 0 Å². The lowest BCUT2D eigenvalue weighted by atomic mass is 10.2. The van der Waals surface area contributed by atoms with Gasteiger partial charge in [0.1, 0.15) is 12.2 Å². The number of sulfonamides is 1. The van der Waals surface area contributed by atoms with E-state index in [1.54, 1.807) is 0 Å². The lowest BCUT2D eigenvalue weighted by Gasteiger charge is -2.22. The molecule has 130 valence electrons. The molecule has 0 atom stereocenters. The fourth-order valence-corrected chi connectivity index (χ4v) is 2.91. The van der Waals surface area contributed by atoms with Crippen molar-refractivity contribution in [3.05, 3.63) is 59.7 Å². The van der Waals surface area contributed by atoms with Crippen molar-refractivity contribution in [1.82, 2.24) is 0 Å². The Morgan fingerprint density at radius 3 is 2.20 bits per heavy atom. The van der Waals surface area contributed by atoms with Crippen LogP contribution in [0.1, 0.15) is 5.56 Å². The summed E-state index contributed by atoms with van der Waals surface area (Å²) < 4.78 is 51.9. The molecule has 0 heterocycles. The number of para-hydroxylation sites is 1. The normalized spacial score (nSPS) is 10.8. The second-order valence-electron chi connectivity index (χ2n) is 5.08. The maximum Gasteiger partial charge on any atom is 0.245 e. The standard InChI is InChI=1S/C16H13F2N3O3S/c1-25(23,24)21(16-13(17)3-2-4-14(16)18)10-15(22)20-12-7-5-11(9-19)6-8-12/h2-8H,10H2,1H3,(H,20,22). The van der Waals surface area contributed by atoms with Crippen LogP contribution in [-0.4, -0.2) is 27.1 Å². The summed E-state index contributed by atoms with van der Waals surface area (Å²) in [6, 6.07) is 10.6. The highest BCUT2D eigenvalue weighted by Gasteiger charge is 2.26. The molecular weight excluding hydrogens is 352 g/mol. The number of benzene rings is 2. The van der Waals surface area contributed by atoms with Crippen molar-refractivity contribution >= 4 is 27.3 Å². The first-order chi connectivity index (χ1) is 11.7. The number of carbonyl (C=O) groups excluding carboxylic acids is 1. The summed E-state index contributed by atoms with van der Waals surface area (Å²) in [5.41, 5.74) is -0.129. The van der Waals surface area contributed by atoms with Crippen LogP contribution in [0, 0.1) is 23.0 Å². The van der Waals surface area contributed by atoms with Crippen LogP contribution in [0.4, 0.5) is 20.2 Å². The summed E-state index contributed by atoms with van der Waals surface area (Å²) in [5.74, 6) is -2.99. The van der Waals surface area contributed by atoms with Crippen LogP contribution in [0.25, 0.3) is 0 Å². The van der Waals surface area contributed by atoms with Crippen LogP contribution in [0.5, 0.6) is 0 Å². The molecular formula is C16H13F2N3O3S. The smallest absolute Gasteiger partial charge is 0.245 e. The summed E-state index contributed by atoms with van der Waals surface area (Å²) in [7, 11) is -4.11. The zero-order chi connectivity index (χ0) is 18.6. The number of carbonyl (C=O) groups is 1. The summed E-state index contributed by atoms with van der Waals surface area (Å²) in [4.78, 5) is 12.1. The number of amides is 1. The third-order valence-corrected chi connectivity index (χ3v) is 4.28. The molecule has 0 saturated carbocycles. The molecule has 1 N–H and O–H groups in total. The highest BCUT2D eigenvalue weighted by atomic mass is 32.2. The van der Waals surface area contributed by atoms with Crippen LogP contribution in [-0.2, 0) is 14.8 Å². The van der Waals surface area contributed by atoms with Gasteiger partial charge in [0.15, 0.2) is 11.6 Å². The zero-order valence-corrected chi connectivity index (χ0v) is 13.8. The largest absolute Gasteiger partial charge is 0.325 e. The average Bonchev–Trinajstić information content (AvgIpc) is 2.53. The Kier molecular flexibility index (Phi) is 5.34. The fourth-order valence-electron chi connectivity index (χ4n) is 2.05. The number of hydrogen-bond donors (Lipinski definition) is 1. The van der Waals surface area contributed by atoms with Crippen LogP contribution in [0.3, 0.4) is 0 Å². The third-order valence-electron chi connectivity index (χ3n) is 3.17. The van der Waals surface area contributed by atoms with Gasteiger partial charge < -0.3 is 5.32 Å². The second-order valence-corrected chi connectivity index (χ2v) is 6.98. The first kappa shape index (κ1) is 18.4. The Morgan fingerprint density at radius 1 is 1.16 bits per heavy atom. The minimum absolute atomic E-state index is 0.312. The van der Waals surface area contributed by atoms with Gasteiger partial charge in [0.2, 0.25) is 15.9 Å². The predicted molar refractivity (Wildman–Crippen MR) is 88.3 cm³/mol. The molecule has 0 aliphatic rings. The fraction of sp³-hybridized carbons (Fsp3) is 0.125. The van der Waals surface area contributed by atoms with Crippen molar-refractivity contribution in [3.8, 4) is 6.07 Å². The minimum atomic E-state index is -4.11. The highest BCUT2D eigenvalue weighted by molar-refractivity contribution is 7.92. The van der Waals surface area contributed by atoms with Gasteiger partial charge in [-0.2, -0.15) is 5.26 Å². The van der Waals surface area contributed by atoms with Gasteiger partial charge in [-0.25, -0.2) is 17.2 Å². The molecule has 0 radical (unpaired) electrons. The second kappa shape index (κ2) is 7.27. The summed E-state index contributed by atoms with van der Waals surface area (Å²) in [6.45, 7) is -0.809. The maximum absolute atomic E-state index is 13.9. The predicted octanol–water partition coefficient (Wildman–Crippen LogP) is 2.24. The van der Waals surface area contributed by atoms with Gasteiger partial charge in [-0.15, -0.1) is 0 Å². The lowest BCUT2D eigenvalue weighted by molar-refractivity contribution is -0.114. The van der Waals surface area contributed by atoms with Crippen molar-refractivity contribution in [1.29, 1.82) is 5.26 Å². The lowest BCUT2D eigenvalue weighted by Crippen LogP contribution is -2.38.